The molecule has 2 rings (SSSR count). The van der Waals surface area contributed by atoms with Crippen molar-refractivity contribution in [1.82, 2.24) is 4.98 Å². The number of aromatic nitrogens is 1. The van der Waals surface area contributed by atoms with Crippen LogP contribution in [0.3, 0.4) is 0 Å². The van der Waals surface area contributed by atoms with Gasteiger partial charge in [0.25, 0.3) is 0 Å². The molecule has 0 aliphatic carbocycles. The molecule has 0 spiro atoms. The predicted octanol–water partition coefficient (Wildman–Crippen LogP) is 3.13. The van der Waals surface area contributed by atoms with E-state index in [1.54, 1.807) is 30.3 Å². The molecule has 5 nitrogen and oxygen atoms in total. The van der Waals surface area contributed by atoms with E-state index < -0.39 is 0 Å². The lowest BCUT2D eigenvalue weighted by molar-refractivity contribution is -0.115. The third-order valence-corrected chi connectivity index (χ3v) is 3.20. The summed E-state index contributed by atoms with van der Waals surface area (Å²) in [4.78, 5) is 16.0. The Morgan fingerprint density at radius 1 is 1.38 bits per heavy atom. The Hall–Kier alpha value is -2.08. The van der Waals surface area contributed by atoms with Gasteiger partial charge in [-0.05, 0) is 25.1 Å². The first-order valence-corrected chi connectivity index (χ1v) is 7.24. The number of anilines is 1. The van der Waals surface area contributed by atoms with Crippen LogP contribution in [0.2, 0.25) is 0 Å². The summed E-state index contributed by atoms with van der Waals surface area (Å²) < 4.78 is 5.99. The van der Waals surface area contributed by atoms with Crippen molar-refractivity contribution in [2.75, 3.05) is 11.9 Å². The van der Waals surface area contributed by atoms with Gasteiger partial charge in [-0.25, -0.2) is 4.98 Å². The Bertz CT molecular complexity index is 629. The fraction of sp³-hybridized carbons (Fsp3) is 0.200. The maximum Gasteiger partial charge on any atom is 0.228 e. The number of nitrogens with one attached hydrogen (secondary N) is 1. The number of carbonyl (C=O) groups excluding carboxylic acids is 1. The fourth-order valence-corrected chi connectivity index (χ4v) is 2.10. The molecule has 1 heterocycles. The van der Waals surface area contributed by atoms with Crippen molar-refractivity contribution < 1.29 is 14.6 Å². The number of ether oxygens (including phenoxy) is 1. The molecule has 0 saturated heterocycles. The zero-order valence-electron chi connectivity index (χ0n) is 11.5. The number of phenolic OH excluding ortho intramolecular Hbond substituents is 1. The van der Waals surface area contributed by atoms with E-state index in [1.807, 2.05) is 6.92 Å². The number of pyridine rings is 1. The Labute approximate surface area is 131 Å². The molecule has 0 unspecified atom stereocenters. The second-order valence-corrected chi connectivity index (χ2v) is 5.23. The van der Waals surface area contributed by atoms with Crippen LogP contribution in [-0.2, 0) is 11.2 Å². The second kappa shape index (κ2) is 7.08. The van der Waals surface area contributed by atoms with Gasteiger partial charge in [-0.1, -0.05) is 22.0 Å². The number of rotatable bonds is 5. The Balaban J connectivity index is 1.98. The van der Waals surface area contributed by atoms with Crippen LogP contribution in [0.5, 0.6) is 11.6 Å². The molecule has 1 amide bonds. The summed E-state index contributed by atoms with van der Waals surface area (Å²) in [6.45, 7) is 2.42. The molecule has 2 aromatic rings. The van der Waals surface area contributed by atoms with Crippen molar-refractivity contribution in [1.29, 1.82) is 0 Å². The number of halogens is 1. The number of aromatic hydroxyl groups is 1. The number of amides is 1. The summed E-state index contributed by atoms with van der Waals surface area (Å²) in [6.07, 6.45) is 1.62. The van der Waals surface area contributed by atoms with Gasteiger partial charge in [0, 0.05) is 16.1 Å². The van der Waals surface area contributed by atoms with Gasteiger partial charge in [-0.15, -0.1) is 0 Å². The van der Waals surface area contributed by atoms with Crippen LogP contribution in [0.4, 0.5) is 5.69 Å². The predicted molar refractivity (Wildman–Crippen MR) is 83.5 cm³/mol. The largest absolute Gasteiger partial charge is 0.508 e. The Morgan fingerprint density at radius 2 is 2.19 bits per heavy atom. The lowest BCUT2D eigenvalue weighted by Gasteiger charge is -2.07. The lowest BCUT2D eigenvalue weighted by Crippen LogP contribution is -2.14. The van der Waals surface area contributed by atoms with E-state index in [0.717, 1.165) is 4.47 Å². The van der Waals surface area contributed by atoms with Crippen molar-refractivity contribution in [2.45, 2.75) is 13.3 Å². The minimum atomic E-state index is -0.224. The van der Waals surface area contributed by atoms with Gasteiger partial charge >= 0.3 is 0 Å². The molecule has 0 aliphatic rings. The quantitative estimate of drug-likeness (QED) is 0.868. The van der Waals surface area contributed by atoms with Gasteiger partial charge < -0.3 is 15.2 Å². The third-order valence-electron chi connectivity index (χ3n) is 2.71. The van der Waals surface area contributed by atoms with Crippen LogP contribution in [0, 0.1) is 0 Å². The highest BCUT2D eigenvalue weighted by Gasteiger charge is 2.09. The zero-order valence-corrected chi connectivity index (χ0v) is 13.1. The summed E-state index contributed by atoms with van der Waals surface area (Å²) >= 11 is 3.26. The Morgan fingerprint density at radius 3 is 2.81 bits per heavy atom. The standard InChI is InChI=1S/C15H15BrN2O3/c1-2-21-15-6-5-12(9-17-15)18-14(20)7-10-3-4-11(16)8-13(10)19/h3-6,8-9,19H,2,7H2,1H3,(H,18,20). The molecule has 0 bridgehead atoms. The first kappa shape index (κ1) is 15.3. The van der Waals surface area contributed by atoms with Crippen molar-refractivity contribution in [3.63, 3.8) is 0 Å². The van der Waals surface area contributed by atoms with Gasteiger partial charge in [0.2, 0.25) is 11.8 Å². The summed E-state index contributed by atoms with van der Waals surface area (Å²) in [5, 5.41) is 12.5. The van der Waals surface area contributed by atoms with Gasteiger partial charge in [0.15, 0.2) is 0 Å². The smallest absolute Gasteiger partial charge is 0.228 e. The average molecular weight is 351 g/mol. The molecule has 1 aromatic heterocycles. The van der Waals surface area contributed by atoms with E-state index in [4.69, 9.17) is 4.74 Å². The lowest BCUT2D eigenvalue weighted by atomic mass is 10.1. The fourth-order valence-electron chi connectivity index (χ4n) is 1.75. The number of nitrogens with zero attached hydrogens (tertiary/aromatic N) is 1. The average Bonchev–Trinajstić information content (AvgIpc) is 2.44. The van der Waals surface area contributed by atoms with E-state index in [-0.39, 0.29) is 18.1 Å². The molecular formula is C15H15BrN2O3. The van der Waals surface area contributed by atoms with E-state index in [9.17, 15) is 9.90 Å². The van der Waals surface area contributed by atoms with Gasteiger partial charge in [-0.2, -0.15) is 0 Å². The molecule has 110 valence electrons. The molecule has 21 heavy (non-hydrogen) atoms. The number of phenols is 1. The number of hydrogen-bond donors (Lipinski definition) is 2. The SMILES string of the molecule is CCOc1ccc(NC(=O)Cc2ccc(Br)cc2O)cn1. The number of hydrogen-bond acceptors (Lipinski definition) is 4. The summed E-state index contributed by atoms with van der Waals surface area (Å²) in [5.41, 5.74) is 1.15. The molecule has 2 N–H and O–H groups in total. The highest BCUT2D eigenvalue weighted by atomic mass is 79.9. The number of carbonyl (C=O) groups is 1. The minimum absolute atomic E-state index is 0.0874. The van der Waals surface area contributed by atoms with Crippen LogP contribution >= 0.6 is 15.9 Å². The summed E-state index contributed by atoms with van der Waals surface area (Å²) in [5.74, 6) is 0.379. The van der Waals surface area contributed by atoms with Crippen molar-refractivity contribution >= 4 is 27.5 Å². The molecule has 0 atom stereocenters. The molecular weight excluding hydrogens is 336 g/mol. The van der Waals surface area contributed by atoms with E-state index in [2.05, 4.69) is 26.2 Å². The Kier molecular flexibility index (Phi) is 5.16. The van der Waals surface area contributed by atoms with Crippen LogP contribution in [0.25, 0.3) is 0 Å². The van der Waals surface area contributed by atoms with E-state index >= 15 is 0 Å². The van der Waals surface area contributed by atoms with Crippen LogP contribution < -0.4 is 10.1 Å². The normalized spacial score (nSPS) is 10.2. The van der Waals surface area contributed by atoms with Crippen molar-refractivity contribution in [3.8, 4) is 11.6 Å². The first-order valence-electron chi connectivity index (χ1n) is 6.44. The molecule has 6 heteroatoms. The van der Waals surface area contributed by atoms with E-state index in [1.165, 1.54) is 6.20 Å². The van der Waals surface area contributed by atoms with Crippen LogP contribution in [0.15, 0.2) is 41.0 Å². The topological polar surface area (TPSA) is 71.5 Å². The van der Waals surface area contributed by atoms with Gasteiger partial charge in [0.05, 0.1) is 24.9 Å². The van der Waals surface area contributed by atoms with Crippen LogP contribution in [-0.4, -0.2) is 22.6 Å². The molecule has 1 aromatic carbocycles. The molecule has 0 aliphatic heterocycles. The molecule has 0 radical (unpaired) electrons. The molecule has 0 saturated carbocycles. The zero-order chi connectivity index (χ0) is 15.2. The van der Waals surface area contributed by atoms with E-state index in [0.29, 0.717) is 23.7 Å². The maximum atomic E-state index is 11.9. The monoisotopic (exact) mass is 350 g/mol. The summed E-state index contributed by atoms with van der Waals surface area (Å²) in [6, 6.07) is 8.45. The third kappa shape index (κ3) is 4.46. The van der Waals surface area contributed by atoms with Crippen molar-refractivity contribution in [3.05, 3.63) is 46.6 Å². The maximum absolute atomic E-state index is 11.9. The number of benzene rings is 1. The highest BCUT2D eigenvalue weighted by molar-refractivity contribution is 9.10. The second-order valence-electron chi connectivity index (χ2n) is 4.32. The van der Waals surface area contributed by atoms with Crippen LogP contribution in [0.1, 0.15) is 12.5 Å². The first-order chi connectivity index (χ1) is 10.1. The van der Waals surface area contributed by atoms with Gasteiger partial charge in [-0.3, -0.25) is 4.79 Å². The highest BCUT2D eigenvalue weighted by Crippen LogP contribution is 2.23. The summed E-state index contributed by atoms with van der Waals surface area (Å²) in [7, 11) is 0. The molecule has 0 fully saturated rings. The van der Waals surface area contributed by atoms with Crippen molar-refractivity contribution in [2.24, 2.45) is 0 Å². The minimum Gasteiger partial charge on any atom is -0.508 e. The van der Waals surface area contributed by atoms with Gasteiger partial charge in [0.1, 0.15) is 5.75 Å².